The van der Waals surface area contributed by atoms with Crippen LogP contribution in [0.3, 0.4) is 0 Å². The number of ether oxygens (including phenoxy) is 2. The highest BCUT2D eigenvalue weighted by Gasteiger charge is 2.38. The van der Waals surface area contributed by atoms with Crippen molar-refractivity contribution in [3.63, 3.8) is 0 Å². The Morgan fingerprint density at radius 2 is 1.86 bits per heavy atom. The molecule has 1 fully saturated rings. The number of rotatable bonds is 6. The van der Waals surface area contributed by atoms with Crippen molar-refractivity contribution in [3.8, 4) is 5.75 Å². The Morgan fingerprint density at radius 1 is 1.18 bits per heavy atom. The van der Waals surface area contributed by atoms with E-state index >= 15 is 0 Å². The third-order valence-corrected chi connectivity index (χ3v) is 4.15. The van der Waals surface area contributed by atoms with Gasteiger partial charge in [-0.1, -0.05) is 12.1 Å². The molecule has 0 saturated carbocycles. The fourth-order valence-electron chi connectivity index (χ4n) is 2.79. The number of carbonyl (C=O) groups excluding carboxylic acids is 4. The molecule has 2 rings (SSSR count). The van der Waals surface area contributed by atoms with Crippen molar-refractivity contribution >= 4 is 29.5 Å². The summed E-state index contributed by atoms with van der Waals surface area (Å²) in [5.41, 5.74) is 0.571. The number of hydrogen-bond donors (Lipinski definition) is 2. The van der Waals surface area contributed by atoms with E-state index in [9.17, 15) is 19.2 Å². The van der Waals surface area contributed by atoms with Gasteiger partial charge in [-0.3, -0.25) is 19.7 Å². The Morgan fingerprint density at radius 3 is 2.50 bits per heavy atom. The highest BCUT2D eigenvalue weighted by molar-refractivity contribution is 6.01. The molecule has 4 amide bonds. The lowest BCUT2D eigenvalue weighted by molar-refractivity contribution is -0.158. The Labute approximate surface area is 163 Å². The van der Waals surface area contributed by atoms with Gasteiger partial charge in [0.05, 0.1) is 18.7 Å². The van der Waals surface area contributed by atoms with Gasteiger partial charge in [-0.25, -0.2) is 4.79 Å². The number of hydrogen-bond acceptors (Lipinski definition) is 6. The van der Waals surface area contributed by atoms with Crippen LogP contribution in [0.4, 0.5) is 10.5 Å². The number of esters is 1. The molecule has 1 aliphatic rings. The van der Waals surface area contributed by atoms with E-state index in [1.54, 1.807) is 38.1 Å². The number of urea groups is 1. The Balaban J connectivity index is 1.95. The molecule has 1 aromatic carbocycles. The van der Waals surface area contributed by atoms with Crippen LogP contribution in [0.25, 0.3) is 0 Å². The molecule has 0 spiro atoms. The lowest BCUT2D eigenvalue weighted by atomic mass is 10.1. The van der Waals surface area contributed by atoms with Gasteiger partial charge in [-0.05, 0) is 32.9 Å². The fraction of sp³-hybridized carbons (Fsp3) is 0.474. The highest BCUT2D eigenvalue weighted by Crippen LogP contribution is 2.33. The van der Waals surface area contributed by atoms with Crippen molar-refractivity contribution in [2.24, 2.45) is 5.92 Å². The first kappa shape index (κ1) is 21.2. The number of benzene rings is 1. The van der Waals surface area contributed by atoms with Crippen molar-refractivity contribution in [2.75, 3.05) is 18.6 Å². The van der Waals surface area contributed by atoms with E-state index in [2.05, 4.69) is 10.6 Å². The summed E-state index contributed by atoms with van der Waals surface area (Å²) >= 11 is 0. The summed E-state index contributed by atoms with van der Waals surface area (Å²) in [4.78, 5) is 49.8. The number of methoxy groups -OCH3 is 1. The molecule has 0 aliphatic carbocycles. The first-order chi connectivity index (χ1) is 13.2. The monoisotopic (exact) mass is 391 g/mol. The van der Waals surface area contributed by atoms with E-state index in [0.29, 0.717) is 11.4 Å². The standard InChI is InChI=1S/C19H25N3O6/c1-11(2)20-19(26)21-17(24)12(3)28-18(25)13-9-16(23)22(10-13)14-7-5-6-8-15(14)27-4/h5-8,11-13H,9-10H2,1-4H3,(H2,20,21,24,26)/t12-,13+/m0/s1. The summed E-state index contributed by atoms with van der Waals surface area (Å²) < 4.78 is 10.4. The number of nitrogens with zero attached hydrogens (tertiary/aromatic N) is 1. The average molecular weight is 391 g/mol. The van der Waals surface area contributed by atoms with Crippen molar-refractivity contribution < 1.29 is 28.7 Å². The molecule has 0 radical (unpaired) electrons. The minimum Gasteiger partial charge on any atom is -0.495 e. The van der Waals surface area contributed by atoms with Crippen molar-refractivity contribution in [1.82, 2.24) is 10.6 Å². The summed E-state index contributed by atoms with van der Waals surface area (Å²) in [7, 11) is 1.50. The zero-order valence-electron chi connectivity index (χ0n) is 16.4. The third kappa shape index (κ3) is 5.21. The lowest BCUT2D eigenvalue weighted by Crippen LogP contribution is -2.47. The number of anilines is 1. The van der Waals surface area contributed by atoms with Gasteiger partial charge in [-0.2, -0.15) is 0 Å². The van der Waals surface area contributed by atoms with Gasteiger partial charge in [0.1, 0.15) is 5.75 Å². The van der Waals surface area contributed by atoms with Crippen molar-refractivity contribution in [1.29, 1.82) is 0 Å². The third-order valence-electron chi connectivity index (χ3n) is 4.15. The lowest BCUT2D eigenvalue weighted by Gasteiger charge is -2.20. The van der Waals surface area contributed by atoms with E-state index in [-0.39, 0.29) is 24.9 Å². The maximum atomic E-state index is 12.4. The van der Waals surface area contributed by atoms with Crippen LogP contribution >= 0.6 is 0 Å². The number of amides is 4. The number of para-hydroxylation sites is 2. The van der Waals surface area contributed by atoms with Crippen LogP contribution < -0.4 is 20.3 Å². The Hall–Kier alpha value is -3.10. The second kappa shape index (κ2) is 9.20. The van der Waals surface area contributed by atoms with E-state index in [0.717, 1.165) is 0 Å². The Kier molecular flexibility index (Phi) is 6.97. The number of imide groups is 1. The molecular weight excluding hydrogens is 366 g/mol. The van der Waals surface area contributed by atoms with E-state index in [4.69, 9.17) is 9.47 Å². The molecule has 152 valence electrons. The molecule has 2 atom stereocenters. The maximum Gasteiger partial charge on any atom is 0.321 e. The fourth-order valence-corrected chi connectivity index (χ4v) is 2.79. The molecule has 9 heteroatoms. The molecule has 1 aromatic rings. The molecule has 9 nitrogen and oxygen atoms in total. The number of carbonyl (C=O) groups is 4. The van der Waals surface area contributed by atoms with E-state index < -0.39 is 29.9 Å². The van der Waals surface area contributed by atoms with Crippen LogP contribution in [0.15, 0.2) is 24.3 Å². The van der Waals surface area contributed by atoms with Crippen LogP contribution in [-0.4, -0.2) is 49.6 Å². The Bertz CT molecular complexity index is 764. The molecular formula is C19H25N3O6. The van der Waals surface area contributed by atoms with Gasteiger partial charge in [0.25, 0.3) is 5.91 Å². The smallest absolute Gasteiger partial charge is 0.321 e. The molecule has 0 unspecified atom stereocenters. The molecule has 2 N–H and O–H groups in total. The minimum atomic E-state index is -1.17. The average Bonchev–Trinajstić information content (AvgIpc) is 3.02. The summed E-state index contributed by atoms with van der Waals surface area (Å²) in [5, 5.41) is 4.61. The quantitative estimate of drug-likeness (QED) is 0.705. The van der Waals surface area contributed by atoms with Gasteiger partial charge in [0.2, 0.25) is 5.91 Å². The SMILES string of the molecule is COc1ccccc1N1C[C@H](C(=O)O[C@@H](C)C(=O)NC(=O)NC(C)C)CC1=O. The molecule has 1 saturated heterocycles. The first-order valence-corrected chi connectivity index (χ1v) is 8.98. The molecule has 1 aliphatic heterocycles. The topological polar surface area (TPSA) is 114 Å². The van der Waals surface area contributed by atoms with Crippen LogP contribution in [0, 0.1) is 5.92 Å². The maximum absolute atomic E-state index is 12.4. The minimum absolute atomic E-state index is 0.0287. The molecule has 28 heavy (non-hydrogen) atoms. The zero-order chi connectivity index (χ0) is 20.8. The predicted octanol–water partition coefficient (Wildman–Crippen LogP) is 1.21. The van der Waals surface area contributed by atoms with Crippen LogP contribution in [0.1, 0.15) is 27.2 Å². The summed E-state index contributed by atoms with van der Waals surface area (Å²) in [6.07, 6.45) is -1.19. The first-order valence-electron chi connectivity index (χ1n) is 8.98. The van der Waals surface area contributed by atoms with Gasteiger partial charge in [0, 0.05) is 19.0 Å². The van der Waals surface area contributed by atoms with Gasteiger partial charge < -0.3 is 19.7 Å². The summed E-state index contributed by atoms with van der Waals surface area (Å²) in [6, 6.07) is 6.20. The van der Waals surface area contributed by atoms with Crippen LogP contribution in [0.5, 0.6) is 5.75 Å². The molecule has 0 bridgehead atoms. The largest absolute Gasteiger partial charge is 0.495 e. The van der Waals surface area contributed by atoms with E-state index in [1.807, 2.05) is 0 Å². The molecule has 0 aromatic heterocycles. The highest BCUT2D eigenvalue weighted by atomic mass is 16.5. The van der Waals surface area contributed by atoms with Crippen molar-refractivity contribution in [3.05, 3.63) is 24.3 Å². The number of nitrogens with one attached hydrogen (secondary N) is 2. The normalized spacial score (nSPS) is 17.2. The van der Waals surface area contributed by atoms with Gasteiger partial charge in [-0.15, -0.1) is 0 Å². The molecule has 1 heterocycles. The summed E-state index contributed by atoms with van der Waals surface area (Å²) in [5.74, 6) is -1.83. The zero-order valence-corrected chi connectivity index (χ0v) is 16.4. The summed E-state index contributed by atoms with van der Waals surface area (Å²) in [6.45, 7) is 4.99. The second-order valence-corrected chi connectivity index (χ2v) is 6.77. The van der Waals surface area contributed by atoms with Gasteiger partial charge >= 0.3 is 12.0 Å². The second-order valence-electron chi connectivity index (χ2n) is 6.77. The van der Waals surface area contributed by atoms with Crippen LogP contribution in [-0.2, 0) is 19.1 Å². The van der Waals surface area contributed by atoms with E-state index in [1.165, 1.54) is 18.9 Å². The van der Waals surface area contributed by atoms with Gasteiger partial charge in [0.15, 0.2) is 6.10 Å². The van der Waals surface area contributed by atoms with Crippen molar-refractivity contribution in [2.45, 2.75) is 39.3 Å². The predicted molar refractivity (Wildman–Crippen MR) is 101 cm³/mol. The van der Waals surface area contributed by atoms with Crippen LogP contribution in [0.2, 0.25) is 0 Å².